The van der Waals surface area contributed by atoms with Crippen molar-refractivity contribution in [1.29, 1.82) is 0 Å². The van der Waals surface area contributed by atoms with E-state index in [1.807, 2.05) is 49.1 Å². The number of tetrazole rings is 1. The molecular weight excluding hydrogens is 426 g/mol. The van der Waals surface area contributed by atoms with Crippen LogP contribution in [0, 0.1) is 13.8 Å². The van der Waals surface area contributed by atoms with Gasteiger partial charge in [-0.3, -0.25) is 4.79 Å². The Hall–Kier alpha value is -3.07. The minimum Gasteiger partial charge on any atom is -0.486 e. The first-order chi connectivity index (χ1) is 15.6. The zero-order valence-corrected chi connectivity index (χ0v) is 19.0. The number of amides is 1. The fourth-order valence-corrected chi connectivity index (χ4v) is 5.17. The molecule has 2 aromatic carbocycles. The first-order valence-electron chi connectivity index (χ1n) is 10.8. The minimum absolute atomic E-state index is 0.0503. The Morgan fingerprint density at radius 2 is 1.88 bits per heavy atom. The summed E-state index contributed by atoms with van der Waals surface area (Å²) in [5.41, 5.74) is 4.27. The van der Waals surface area contributed by atoms with E-state index in [1.165, 1.54) is 11.8 Å². The number of fused-ring (bicyclic) bond motifs is 1. The molecule has 9 heteroatoms. The molecule has 0 aliphatic carbocycles. The number of hydrogen-bond acceptors (Lipinski definition) is 7. The van der Waals surface area contributed by atoms with Crippen molar-refractivity contribution in [2.75, 3.05) is 25.5 Å². The predicted molar refractivity (Wildman–Crippen MR) is 120 cm³/mol. The molecule has 2 aliphatic heterocycles. The number of nitrogens with zero attached hydrogens (tertiary/aromatic N) is 5. The third-order valence-electron chi connectivity index (χ3n) is 5.74. The monoisotopic (exact) mass is 451 g/mol. The lowest BCUT2D eigenvalue weighted by molar-refractivity contribution is -0.129. The zero-order chi connectivity index (χ0) is 22.1. The van der Waals surface area contributed by atoms with Gasteiger partial charge in [-0.15, -0.1) is 5.10 Å². The predicted octanol–water partition coefficient (Wildman–Crippen LogP) is 3.51. The van der Waals surface area contributed by atoms with Gasteiger partial charge in [-0.1, -0.05) is 23.9 Å². The number of aromatic nitrogens is 4. The fraction of sp³-hybridized carbons (Fsp3) is 0.391. The fourth-order valence-electron chi connectivity index (χ4n) is 4.39. The zero-order valence-electron chi connectivity index (χ0n) is 18.2. The van der Waals surface area contributed by atoms with E-state index in [0.29, 0.717) is 18.4 Å². The van der Waals surface area contributed by atoms with Crippen LogP contribution in [-0.4, -0.2) is 56.5 Å². The lowest BCUT2D eigenvalue weighted by atomic mass is 10.0. The molecule has 5 rings (SSSR count). The maximum atomic E-state index is 13.1. The lowest BCUT2D eigenvalue weighted by Crippen LogP contribution is -2.32. The molecule has 0 spiro atoms. The van der Waals surface area contributed by atoms with Crippen molar-refractivity contribution >= 4 is 17.7 Å². The van der Waals surface area contributed by atoms with Gasteiger partial charge < -0.3 is 14.4 Å². The molecule has 1 amide bonds. The van der Waals surface area contributed by atoms with E-state index in [1.54, 1.807) is 4.68 Å². The Bertz CT molecular complexity index is 1130. The number of carbonyl (C=O) groups excluding carboxylic acids is 1. The highest BCUT2D eigenvalue weighted by Crippen LogP contribution is 2.38. The summed E-state index contributed by atoms with van der Waals surface area (Å²) in [6.07, 6.45) is 1.92. The van der Waals surface area contributed by atoms with Gasteiger partial charge >= 0.3 is 0 Å². The molecule has 0 N–H and O–H groups in total. The van der Waals surface area contributed by atoms with Crippen LogP contribution in [0.3, 0.4) is 0 Å². The number of benzene rings is 2. The number of likely N-dealkylation sites (tertiary alicyclic amines) is 1. The molecule has 1 aromatic heterocycles. The van der Waals surface area contributed by atoms with Crippen molar-refractivity contribution in [2.45, 2.75) is 37.9 Å². The maximum absolute atomic E-state index is 13.1. The summed E-state index contributed by atoms with van der Waals surface area (Å²) in [6.45, 7) is 5.96. The number of hydrogen-bond donors (Lipinski definition) is 0. The topological polar surface area (TPSA) is 82.4 Å². The van der Waals surface area contributed by atoms with Gasteiger partial charge in [0.2, 0.25) is 11.1 Å². The smallest absolute Gasteiger partial charge is 0.233 e. The SMILES string of the molecule is Cc1cc(C)cc(-n2nnnc2SCC(=O)N2CCC[C@@H]2c2ccc3c(c2)OCCO3)c1. The van der Waals surface area contributed by atoms with Crippen LogP contribution in [-0.2, 0) is 4.79 Å². The molecule has 166 valence electrons. The molecular formula is C23H25N5O3S. The van der Waals surface area contributed by atoms with Crippen molar-refractivity contribution in [3.63, 3.8) is 0 Å². The van der Waals surface area contributed by atoms with Crippen molar-refractivity contribution in [2.24, 2.45) is 0 Å². The summed E-state index contributed by atoms with van der Waals surface area (Å²) in [5, 5.41) is 12.7. The average Bonchev–Trinajstić information content (AvgIpc) is 3.46. The summed E-state index contributed by atoms with van der Waals surface area (Å²) in [6, 6.07) is 12.2. The Morgan fingerprint density at radius 3 is 2.69 bits per heavy atom. The summed E-state index contributed by atoms with van der Waals surface area (Å²) in [7, 11) is 0. The van der Waals surface area contributed by atoms with Crippen molar-refractivity contribution in [1.82, 2.24) is 25.1 Å². The molecule has 8 nitrogen and oxygen atoms in total. The van der Waals surface area contributed by atoms with Crippen LogP contribution in [0.25, 0.3) is 5.69 Å². The van der Waals surface area contributed by atoms with Crippen LogP contribution in [0.4, 0.5) is 0 Å². The minimum atomic E-state index is 0.0503. The molecule has 1 atom stereocenters. The molecule has 32 heavy (non-hydrogen) atoms. The summed E-state index contributed by atoms with van der Waals surface area (Å²) < 4.78 is 13.1. The lowest BCUT2D eigenvalue weighted by Gasteiger charge is -2.26. The third kappa shape index (κ3) is 4.17. The van der Waals surface area contributed by atoms with E-state index in [9.17, 15) is 4.79 Å². The van der Waals surface area contributed by atoms with Crippen LogP contribution >= 0.6 is 11.8 Å². The first-order valence-corrected chi connectivity index (χ1v) is 11.8. The molecule has 2 aliphatic rings. The average molecular weight is 452 g/mol. The number of aryl methyl sites for hydroxylation is 2. The normalized spacial score (nSPS) is 17.6. The van der Waals surface area contributed by atoms with Crippen LogP contribution in [0.1, 0.15) is 35.6 Å². The summed E-state index contributed by atoms with van der Waals surface area (Å²) in [5.74, 6) is 1.90. The molecule has 0 unspecified atom stereocenters. The van der Waals surface area contributed by atoms with Crippen molar-refractivity contribution < 1.29 is 14.3 Å². The molecule has 0 bridgehead atoms. The second-order valence-electron chi connectivity index (χ2n) is 8.16. The second kappa shape index (κ2) is 8.82. The standard InChI is InChI=1S/C23H25N5O3S/c1-15-10-16(2)12-18(11-15)28-23(24-25-26-28)32-14-22(29)27-7-3-4-19(27)17-5-6-20-21(13-17)31-9-8-30-20/h5-6,10-13,19H,3-4,7-9,14H2,1-2H3/t19-/m1/s1. The molecule has 1 saturated heterocycles. The number of ether oxygens (including phenoxy) is 2. The van der Waals surface area contributed by atoms with Gasteiger partial charge in [0.15, 0.2) is 11.5 Å². The van der Waals surface area contributed by atoms with E-state index >= 15 is 0 Å². The van der Waals surface area contributed by atoms with E-state index in [2.05, 4.69) is 21.6 Å². The van der Waals surface area contributed by atoms with Gasteiger partial charge in [0, 0.05) is 6.54 Å². The summed E-state index contributed by atoms with van der Waals surface area (Å²) >= 11 is 1.37. The molecule has 0 radical (unpaired) electrons. The number of thioether (sulfide) groups is 1. The largest absolute Gasteiger partial charge is 0.486 e. The maximum Gasteiger partial charge on any atom is 0.233 e. The highest BCUT2D eigenvalue weighted by atomic mass is 32.2. The second-order valence-corrected chi connectivity index (χ2v) is 9.10. The van der Waals surface area contributed by atoms with Gasteiger partial charge in [0.25, 0.3) is 0 Å². The Balaban J connectivity index is 1.29. The first kappa shape index (κ1) is 20.8. The number of rotatable bonds is 5. The Labute approximate surface area is 190 Å². The van der Waals surface area contributed by atoms with Crippen LogP contribution < -0.4 is 9.47 Å². The molecule has 1 fully saturated rings. The Kier molecular flexibility index (Phi) is 5.73. The summed E-state index contributed by atoms with van der Waals surface area (Å²) in [4.78, 5) is 15.1. The Morgan fingerprint density at radius 1 is 1.09 bits per heavy atom. The molecule has 0 saturated carbocycles. The van der Waals surface area contributed by atoms with Gasteiger partial charge in [0.05, 0.1) is 17.5 Å². The van der Waals surface area contributed by atoms with E-state index in [-0.39, 0.29) is 17.7 Å². The molecule has 3 heterocycles. The quantitative estimate of drug-likeness (QED) is 0.549. The van der Waals surface area contributed by atoms with E-state index in [4.69, 9.17) is 9.47 Å². The highest BCUT2D eigenvalue weighted by Gasteiger charge is 2.31. The van der Waals surface area contributed by atoms with Gasteiger partial charge in [-0.25, -0.2) is 0 Å². The number of carbonyl (C=O) groups is 1. The van der Waals surface area contributed by atoms with Crippen LogP contribution in [0.15, 0.2) is 41.6 Å². The van der Waals surface area contributed by atoms with Gasteiger partial charge in [-0.2, -0.15) is 4.68 Å². The van der Waals surface area contributed by atoms with Crippen LogP contribution in [0.5, 0.6) is 11.5 Å². The van der Waals surface area contributed by atoms with Gasteiger partial charge in [0.1, 0.15) is 13.2 Å². The molecule has 3 aromatic rings. The van der Waals surface area contributed by atoms with Crippen molar-refractivity contribution in [3.8, 4) is 17.2 Å². The van der Waals surface area contributed by atoms with Gasteiger partial charge in [-0.05, 0) is 78.1 Å². The van der Waals surface area contributed by atoms with Crippen molar-refractivity contribution in [3.05, 3.63) is 53.1 Å². The highest BCUT2D eigenvalue weighted by molar-refractivity contribution is 7.99. The third-order valence-corrected chi connectivity index (χ3v) is 6.64. The van der Waals surface area contributed by atoms with E-state index < -0.39 is 0 Å². The van der Waals surface area contributed by atoms with E-state index in [0.717, 1.165) is 53.3 Å². The van der Waals surface area contributed by atoms with Crippen LogP contribution in [0.2, 0.25) is 0 Å².